The van der Waals surface area contributed by atoms with Crippen LogP contribution in [0, 0.1) is 5.92 Å². The molecule has 0 bridgehead atoms. The molecule has 0 saturated heterocycles. The van der Waals surface area contributed by atoms with Gasteiger partial charge in [-0.2, -0.15) is 0 Å². The quantitative estimate of drug-likeness (QED) is 0.804. The van der Waals surface area contributed by atoms with Crippen LogP contribution in [0.3, 0.4) is 0 Å². The first-order chi connectivity index (χ1) is 6.88. The first-order valence-electron chi connectivity index (χ1n) is 5.48. The Hall–Kier alpha value is -1.12. The Morgan fingerprint density at radius 1 is 1.27 bits per heavy atom. The molecule has 0 aliphatic heterocycles. The largest absolute Gasteiger partial charge is 0.494 e. The Morgan fingerprint density at radius 3 is 2.13 bits per heavy atom. The molecule has 1 aromatic rings. The van der Waals surface area contributed by atoms with Crippen LogP contribution in [0.2, 0.25) is 0 Å². The summed E-state index contributed by atoms with van der Waals surface area (Å²) in [6, 6.07) is 3.04. The summed E-state index contributed by atoms with van der Waals surface area (Å²) in [6.07, 6.45) is 2.03. The predicted molar refractivity (Wildman–Crippen MR) is 61.2 cm³/mol. The number of aromatic hydroxyl groups is 2. The lowest BCUT2D eigenvalue weighted by Crippen LogP contribution is -2.27. The van der Waals surface area contributed by atoms with Crippen LogP contribution in [0.5, 0.6) is 11.8 Å². The zero-order chi connectivity index (χ0) is 11.6. The Labute approximate surface area is 91.4 Å². The van der Waals surface area contributed by atoms with E-state index in [1.54, 1.807) is 4.57 Å². The van der Waals surface area contributed by atoms with E-state index in [0.717, 1.165) is 12.8 Å². The highest BCUT2D eigenvalue weighted by molar-refractivity contribution is 5.26. The second-order valence-corrected chi connectivity index (χ2v) is 4.92. The third kappa shape index (κ3) is 2.46. The average molecular weight is 211 g/mol. The van der Waals surface area contributed by atoms with Crippen molar-refractivity contribution in [1.29, 1.82) is 0 Å². The number of hydrogen-bond acceptors (Lipinski definition) is 2. The van der Waals surface area contributed by atoms with E-state index in [4.69, 9.17) is 0 Å². The molecule has 0 spiro atoms. The molecule has 15 heavy (non-hydrogen) atoms. The molecule has 1 atom stereocenters. The minimum Gasteiger partial charge on any atom is -0.494 e. The smallest absolute Gasteiger partial charge is 0.194 e. The highest BCUT2D eigenvalue weighted by atomic mass is 16.3. The summed E-state index contributed by atoms with van der Waals surface area (Å²) in [5.74, 6) is 0.822. The lowest BCUT2D eigenvalue weighted by molar-refractivity contribution is 0.221. The van der Waals surface area contributed by atoms with Gasteiger partial charge in [0, 0.05) is 17.7 Å². The first kappa shape index (κ1) is 12.0. The van der Waals surface area contributed by atoms with Gasteiger partial charge < -0.3 is 10.2 Å². The van der Waals surface area contributed by atoms with Crippen molar-refractivity contribution >= 4 is 0 Å². The lowest BCUT2D eigenvalue weighted by Gasteiger charge is -2.30. The number of aromatic nitrogens is 1. The first-order valence-corrected chi connectivity index (χ1v) is 5.48. The fourth-order valence-corrected chi connectivity index (χ4v) is 2.12. The van der Waals surface area contributed by atoms with E-state index < -0.39 is 0 Å². The van der Waals surface area contributed by atoms with Crippen molar-refractivity contribution in [2.75, 3.05) is 0 Å². The van der Waals surface area contributed by atoms with Crippen molar-refractivity contribution in [2.45, 2.75) is 46.1 Å². The summed E-state index contributed by atoms with van der Waals surface area (Å²) in [4.78, 5) is 0. The molecule has 0 fully saturated rings. The Bertz CT molecular complexity index is 309. The molecule has 0 aromatic carbocycles. The van der Waals surface area contributed by atoms with Crippen molar-refractivity contribution in [3.8, 4) is 11.8 Å². The van der Waals surface area contributed by atoms with Crippen LogP contribution in [-0.2, 0) is 5.54 Å². The average Bonchev–Trinajstić information content (AvgIpc) is 2.45. The molecule has 2 N–H and O–H groups in total. The summed E-state index contributed by atoms with van der Waals surface area (Å²) in [5, 5.41) is 19.3. The highest BCUT2D eigenvalue weighted by Crippen LogP contribution is 2.35. The lowest BCUT2D eigenvalue weighted by atomic mass is 9.90. The minimum atomic E-state index is -0.257. The number of hydrogen-bond donors (Lipinski definition) is 2. The van der Waals surface area contributed by atoms with Gasteiger partial charge >= 0.3 is 0 Å². The van der Waals surface area contributed by atoms with Gasteiger partial charge in [-0.25, -0.2) is 0 Å². The predicted octanol–water partition coefficient (Wildman–Crippen LogP) is 3.07. The maximum absolute atomic E-state index is 9.66. The van der Waals surface area contributed by atoms with Crippen LogP contribution in [0.15, 0.2) is 12.1 Å². The topological polar surface area (TPSA) is 45.4 Å². The Balaban J connectivity index is 2.95. The van der Waals surface area contributed by atoms with Crippen LogP contribution in [0.4, 0.5) is 0 Å². The minimum absolute atomic E-state index is 0.126. The molecule has 3 heteroatoms. The van der Waals surface area contributed by atoms with Gasteiger partial charge in [0.05, 0.1) is 0 Å². The molecule has 0 amide bonds. The highest BCUT2D eigenvalue weighted by Gasteiger charge is 2.26. The van der Waals surface area contributed by atoms with Crippen LogP contribution >= 0.6 is 0 Å². The molecule has 1 aromatic heterocycles. The second kappa shape index (κ2) is 4.17. The molecule has 0 aliphatic carbocycles. The Morgan fingerprint density at radius 2 is 1.73 bits per heavy atom. The molecular weight excluding hydrogens is 190 g/mol. The third-order valence-corrected chi connectivity index (χ3v) is 2.99. The zero-order valence-corrected chi connectivity index (χ0v) is 9.99. The van der Waals surface area contributed by atoms with Crippen LogP contribution in [-0.4, -0.2) is 14.8 Å². The second-order valence-electron chi connectivity index (χ2n) is 4.92. The molecular formula is C12H21NO2. The fraction of sp³-hybridized carbons (Fsp3) is 0.667. The molecule has 86 valence electrons. The molecule has 1 unspecified atom stereocenters. The van der Waals surface area contributed by atoms with Crippen LogP contribution < -0.4 is 0 Å². The van der Waals surface area contributed by atoms with Crippen LogP contribution in [0.25, 0.3) is 0 Å². The molecule has 0 radical (unpaired) electrons. The van der Waals surface area contributed by atoms with E-state index in [0.29, 0.717) is 5.92 Å². The van der Waals surface area contributed by atoms with Gasteiger partial charge in [-0.3, -0.25) is 4.57 Å². The Kier molecular flexibility index (Phi) is 3.32. The van der Waals surface area contributed by atoms with E-state index in [2.05, 4.69) is 13.8 Å². The van der Waals surface area contributed by atoms with E-state index in [1.807, 2.05) is 13.8 Å². The summed E-state index contributed by atoms with van der Waals surface area (Å²) in [5.41, 5.74) is -0.257. The monoisotopic (exact) mass is 211 g/mol. The molecule has 1 rings (SSSR count). The van der Waals surface area contributed by atoms with Gasteiger partial charge in [-0.15, -0.1) is 0 Å². The van der Waals surface area contributed by atoms with Crippen molar-refractivity contribution in [3.63, 3.8) is 0 Å². The van der Waals surface area contributed by atoms with Crippen molar-refractivity contribution < 1.29 is 10.2 Å². The molecule has 0 aliphatic rings. The summed E-state index contributed by atoms with van der Waals surface area (Å²) < 4.78 is 1.58. The number of nitrogens with zero attached hydrogens (tertiary/aromatic N) is 1. The van der Waals surface area contributed by atoms with Gasteiger partial charge in [0.2, 0.25) is 0 Å². The van der Waals surface area contributed by atoms with Gasteiger partial charge in [-0.05, 0) is 26.2 Å². The van der Waals surface area contributed by atoms with Crippen LogP contribution in [0.1, 0.15) is 40.5 Å². The third-order valence-electron chi connectivity index (χ3n) is 2.99. The SMILES string of the molecule is CCC(C)CC(C)(C)n1c(O)ccc1O. The fourth-order valence-electron chi connectivity index (χ4n) is 2.12. The molecule has 1 heterocycles. The summed E-state index contributed by atoms with van der Waals surface area (Å²) >= 11 is 0. The van der Waals surface area contributed by atoms with E-state index in [9.17, 15) is 10.2 Å². The summed E-state index contributed by atoms with van der Waals surface area (Å²) in [7, 11) is 0. The zero-order valence-electron chi connectivity index (χ0n) is 9.99. The van der Waals surface area contributed by atoms with Gasteiger partial charge in [-0.1, -0.05) is 20.3 Å². The number of rotatable bonds is 4. The van der Waals surface area contributed by atoms with E-state index in [-0.39, 0.29) is 17.3 Å². The van der Waals surface area contributed by atoms with Gasteiger partial charge in [0.25, 0.3) is 0 Å². The molecule has 3 nitrogen and oxygen atoms in total. The van der Waals surface area contributed by atoms with E-state index >= 15 is 0 Å². The molecule has 0 saturated carbocycles. The van der Waals surface area contributed by atoms with Crippen molar-refractivity contribution in [2.24, 2.45) is 5.92 Å². The normalized spacial score (nSPS) is 14.1. The van der Waals surface area contributed by atoms with Crippen molar-refractivity contribution in [3.05, 3.63) is 12.1 Å². The summed E-state index contributed by atoms with van der Waals surface area (Å²) in [6.45, 7) is 8.38. The maximum Gasteiger partial charge on any atom is 0.194 e. The van der Waals surface area contributed by atoms with Gasteiger partial charge in [0.1, 0.15) is 0 Å². The van der Waals surface area contributed by atoms with Crippen molar-refractivity contribution in [1.82, 2.24) is 4.57 Å². The van der Waals surface area contributed by atoms with Gasteiger partial charge in [0.15, 0.2) is 11.8 Å². The standard InChI is InChI=1S/C12H21NO2/c1-5-9(2)8-12(3,4)13-10(14)6-7-11(13)15/h6-7,9,14-15H,5,8H2,1-4H3. The van der Waals surface area contributed by atoms with E-state index in [1.165, 1.54) is 12.1 Å². The maximum atomic E-state index is 9.66.